The van der Waals surface area contributed by atoms with Crippen LogP contribution in [0.4, 0.5) is 8.78 Å². The van der Waals surface area contributed by atoms with Gasteiger partial charge in [0.1, 0.15) is 17.4 Å². The number of ether oxygens (including phenoxy) is 2. The van der Waals surface area contributed by atoms with Gasteiger partial charge in [-0.2, -0.15) is 0 Å². The third-order valence-corrected chi connectivity index (χ3v) is 9.27. The predicted octanol–water partition coefficient (Wildman–Crippen LogP) is 6.56. The first-order chi connectivity index (χ1) is 14.2. The summed E-state index contributed by atoms with van der Waals surface area (Å²) >= 11 is 0. The summed E-state index contributed by atoms with van der Waals surface area (Å²) in [6.07, 6.45) is 5.16. The summed E-state index contributed by atoms with van der Waals surface area (Å²) in [7, 11) is 0. The number of fused-ring (bicyclic) bond motifs is 7. The van der Waals surface area contributed by atoms with Crippen molar-refractivity contribution in [2.45, 2.75) is 83.2 Å². The topological polar surface area (TPSA) is 18.5 Å². The maximum absolute atomic E-state index is 17.4. The third kappa shape index (κ3) is 2.24. The number of hydrogen-bond donors (Lipinski definition) is 0. The predicted molar refractivity (Wildman–Crippen MR) is 119 cm³/mol. The Labute approximate surface area is 184 Å². The molecule has 168 valence electrons. The van der Waals surface area contributed by atoms with Crippen LogP contribution < -0.4 is 0 Å². The Morgan fingerprint density at radius 3 is 2.45 bits per heavy atom. The van der Waals surface area contributed by atoms with E-state index >= 15 is 8.78 Å². The molecule has 0 aromatic carbocycles. The lowest BCUT2D eigenvalue weighted by molar-refractivity contribution is -0.207. The molecule has 31 heavy (non-hydrogen) atoms. The molecule has 1 heterocycles. The van der Waals surface area contributed by atoms with Crippen molar-refractivity contribution in [1.29, 1.82) is 0 Å². The molecule has 2 nitrogen and oxygen atoms in total. The normalized spacial score (nSPS) is 52.2. The summed E-state index contributed by atoms with van der Waals surface area (Å²) in [6.45, 7) is 22.3. The first kappa shape index (κ1) is 21.3. The number of rotatable bonds is 1. The highest BCUT2D eigenvalue weighted by atomic mass is 19.1. The zero-order valence-electron chi connectivity index (χ0n) is 19.4. The van der Waals surface area contributed by atoms with E-state index in [2.05, 4.69) is 26.7 Å². The van der Waals surface area contributed by atoms with E-state index < -0.39 is 40.0 Å². The van der Waals surface area contributed by atoms with Gasteiger partial charge in [0.15, 0.2) is 5.79 Å². The Hall–Kier alpha value is -1.52. The molecule has 0 radical (unpaired) electrons. The van der Waals surface area contributed by atoms with Crippen LogP contribution >= 0.6 is 0 Å². The van der Waals surface area contributed by atoms with Crippen LogP contribution in [0.15, 0.2) is 60.3 Å². The van der Waals surface area contributed by atoms with Crippen LogP contribution in [0.2, 0.25) is 0 Å². The van der Waals surface area contributed by atoms with Crippen LogP contribution in [0.5, 0.6) is 0 Å². The fourth-order valence-corrected chi connectivity index (χ4v) is 8.14. The first-order valence-electron chi connectivity index (χ1n) is 11.4. The summed E-state index contributed by atoms with van der Waals surface area (Å²) in [5.41, 5.74) is -1.37. The van der Waals surface area contributed by atoms with Gasteiger partial charge in [0, 0.05) is 16.7 Å². The molecule has 8 atom stereocenters. The van der Waals surface area contributed by atoms with Crippen LogP contribution in [-0.2, 0) is 9.47 Å². The van der Waals surface area contributed by atoms with Gasteiger partial charge in [-0.15, -0.1) is 0 Å². The quantitative estimate of drug-likeness (QED) is 0.440. The molecule has 4 heteroatoms. The molecule has 0 N–H and O–H groups in total. The average molecular weight is 429 g/mol. The van der Waals surface area contributed by atoms with Crippen molar-refractivity contribution < 1.29 is 18.3 Å². The Morgan fingerprint density at radius 1 is 1.13 bits per heavy atom. The largest absolute Gasteiger partial charge is 0.344 e. The van der Waals surface area contributed by atoms with E-state index in [0.29, 0.717) is 29.6 Å². The highest BCUT2D eigenvalue weighted by Gasteiger charge is 2.77. The van der Waals surface area contributed by atoms with Gasteiger partial charge < -0.3 is 9.47 Å². The molecule has 0 aromatic heterocycles. The van der Waals surface area contributed by atoms with Crippen molar-refractivity contribution in [3.8, 4) is 0 Å². The average Bonchev–Trinajstić information content (AvgIpc) is 3.06. The SMILES string of the molecule is C=C1C=C[C@@]2(C)C(=C1)[C@@H](F)C[C@H]1[C@@H]3C[C@H]4OC(C)(C)O[C@@]4(C(=C)C)[C@@]3(C)CC(=C)[C@@]12F. The minimum absolute atomic E-state index is 0.101. The van der Waals surface area contributed by atoms with Gasteiger partial charge >= 0.3 is 0 Å². The van der Waals surface area contributed by atoms with Crippen LogP contribution in [0.3, 0.4) is 0 Å². The van der Waals surface area contributed by atoms with Crippen LogP contribution in [0.1, 0.15) is 53.9 Å². The highest BCUT2D eigenvalue weighted by molar-refractivity contribution is 5.52. The first-order valence-corrected chi connectivity index (χ1v) is 11.4. The Morgan fingerprint density at radius 2 is 1.81 bits per heavy atom. The molecule has 1 saturated heterocycles. The summed E-state index contributed by atoms with van der Waals surface area (Å²) in [5.74, 6) is -1.35. The standard InChI is InChI=1S/C27H34F2O2/c1-15(2)27-22(30-23(5,6)31-27)13-18-19-12-21(28)20-11-16(3)9-10-24(20,7)26(19,29)17(4)14-25(18,27)8/h9-11,18-19,21-22H,1,3-4,12-14H2,2,5-8H3/t18-,19-,21-,22+,24-,25-,26+,27+/m0/s1. The van der Waals surface area contributed by atoms with Crippen LogP contribution in [-0.4, -0.2) is 29.3 Å². The molecule has 0 aromatic rings. The molecule has 0 bridgehead atoms. The van der Waals surface area contributed by atoms with E-state index in [1.54, 1.807) is 6.08 Å². The lowest BCUT2D eigenvalue weighted by atomic mass is 9.44. The number of halogens is 2. The molecule has 0 amide bonds. The van der Waals surface area contributed by atoms with Crippen molar-refractivity contribution in [2.24, 2.45) is 22.7 Å². The molecule has 4 aliphatic carbocycles. The maximum Gasteiger partial charge on any atom is 0.164 e. The smallest absolute Gasteiger partial charge is 0.164 e. The number of allylic oxidation sites excluding steroid dienone is 6. The van der Waals surface area contributed by atoms with E-state index in [1.807, 2.05) is 39.8 Å². The van der Waals surface area contributed by atoms with Crippen LogP contribution in [0, 0.1) is 22.7 Å². The van der Waals surface area contributed by atoms with Gasteiger partial charge in [0.25, 0.3) is 0 Å². The van der Waals surface area contributed by atoms with Crippen molar-refractivity contribution in [2.75, 3.05) is 0 Å². The van der Waals surface area contributed by atoms with E-state index in [-0.39, 0.29) is 18.4 Å². The van der Waals surface area contributed by atoms with Crippen LogP contribution in [0.25, 0.3) is 0 Å². The Bertz CT molecular complexity index is 976. The van der Waals surface area contributed by atoms with E-state index in [0.717, 1.165) is 5.57 Å². The van der Waals surface area contributed by atoms with E-state index in [4.69, 9.17) is 9.47 Å². The van der Waals surface area contributed by atoms with Crippen molar-refractivity contribution >= 4 is 0 Å². The molecule has 3 saturated carbocycles. The second-order valence-electron chi connectivity index (χ2n) is 11.4. The van der Waals surface area contributed by atoms with Gasteiger partial charge in [0.2, 0.25) is 0 Å². The molecule has 0 unspecified atom stereocenters. The fraction of sp³-hybridized carbons (Fsp3) is 0.630. The molecular formula is C27H34F2O2. The van der Waals surface area contributed by atoms with Crippen molar-refractivity contribution in [3.05, 3.63) is 60.3 Å². The fourth-order valence-electron chi connectivity index (χ4n) is 8.14. The maximum atomic E-state index is 17.4. The molecule has 1 aliphatic heterocycles. The Balaban J connectivity index is 1.67. The van der Waals surface area contributed by atoms with Gasteiger partial charge in [-0.1, -0.05) is 44.9 Å². The lowest BCUT2D eigenvalue weighted by Crippen LogP contribution is -2.65. The number of alkyl halides is 2. The number of hydrogen-bond acceptors (Lipinski definition) is 2. The summed E-state index contributed by atoms with van der Waals surface area (Å²) in [6, 6.07) is 0. The second kappa shape index (κ2) is 5.88. The van der Waals surface area contributed by atoms with E-state index in [1.165, 1.54) is 0 Å². The summed E-state index contributed by atoms with van der Waals surface area (Å²) in [5, 5.41) is 0. The second-order valence-corrected chi connectivity index (χ2v) is 11.4. The molecule has 5 rings (SSSR count). The van der Waals surface area contributed by atoms with Gasteiger partial charge in [-0.05, 0) is 75.2 Å². The van der Waals surface area contributed by atoms with Gasteiger partial charge in [0.05, 0.1) is 6.10 Å². The van der Waals surface area contributed by atoms with Gasteiger partial charge in [-0.3, -0.25) is 0 Å². The zero-order valence-corrected chi connectivity index (χ0v) is 19.4. The summed E-state index contributed by atoms with van der Waals surface area (Å²) in [4.78, 5) is 0. The zero-order chi connectivity index (χ0) is 22.8. The highest BCUT2D eigenvalue weighted by Crippen LogP contribution is 2.74. The van der Waals surface area contributed by atoms with Crippen molar-refractivity contribution in [3.63, 3.8) is 0 Å². The molecular weight excluding hydrogens is 394 g/mol. The molecule has 5 aliphatic rings. The molecule has 4 fully saturated rings. The summed E-state index contributed by atoms with van der Waals surface area (Å²) < 4.78 is 46.0. The van der Waals surface area contributed by atoms with Crippen molar-refractivity contribution in [1.82, 2.24) is 0 Å². The van der Waals surface area contributed by atoms with E-state index in [9.17, 15) is 0 Å². The third-order valence-electron chi connectivity index (χ3n) is 9.27. The minimum atomic E-state index is -1.73. The van der Waals surface area contributed by atoms with Gasteiger partial charge in [-0.25, -0.2) is 8.78 Å². The molecule has 0 spiro atoms. The minimum Gasteiger partial charge on any atom is -0.344 e. The lowest BCUT2D eigenvalue weighted by Gasteiger charge is -2.62. The monoisotopic (exact) mass is 428 g/mol. The Kier molecular flexibility index (Phi) is 4.05.